The van der Waals surface area contributed by atoms with E-state index < -0.39 is 51.0 Å². The Morgan fingerprint density at radius 1 is 0.518 bits per heavy atom. The molecule has 2 aromatic carbocycles. The van der Waals surface area contributed by atoms with Gasteiger partial charge in [0.1, 0.15) is 0 Å². The maximum absolute atomic E-state index is 7.72. The topological polar surface area (TPSA) is 92.3 Å². The predicted octanol–water partition coefficient (Wildman–Crippen LogP) is 10.3. The van der Waals surface area contributed by atoms with Crippen molar-refractivity contribution in [3.8, 4) is 11.5 Å². The average molecular weight is 998 g/mol. The van der Waals surface area contributed by atoms with Gasteiger partial charge < -0.3 is 0 Å². The van der Waals surface area contributed by atoms with E-state index in [-0.39, 0.29) is 36.6 Å². The number of ether oxygens (including phenoxy) is 6. The van der Waals surface area contributed by atoms with Crippen molar-refractivity contribution in [3.63, 3.8) is 0 Å². The summed E-state index contributed by atoms with van der Waals surface area (Å²) >= 11 is -7.81. The van der Waals surface area contributed by atoms with Gasteiger partial charge in [0.15, 0.2) is 0 Å². The van der Waals surface area contributed by atoms with Crippen molar-refractivity contribution in [3.05, 3.63) is 59.7 Å². The van der Waals surface area contributed by atoms with Crippen LogP contribution in [0.2, 0.25) is 17.7 Å². The maximum atomic E-state index is 7.72. The van der Waals surface area contributed by atoms with Crippen LogP contribution in [0.5, 0.6) is 11.5 Å². The van der Waals surface area contributed by atoms with Crippen LogP contribution in [0.15, 0.2) is 48.5 Å². The molecule has 0 amide bonds. The first kappa shape index (κ1) is 46.4. The Kier molecular flexibility index (Phi) is 19.3. The third-order valence-corrected chi connectivity index (χ3v) is 32.4. The van der Waals surface area contributed by atoms with E-state index in [0.717, 1.165) is 91.7 Å². The number of unbranched alkanes of at least 4 members (excludes halogenated alkanes) is 4. The van der Waals surface area contributed by atoms with Crippen molar-refractivity contribution in [1.29, 1.82) is 0 Å². The zero-order valence-corrected chi connectivity index (χ0v) is 41.3. The predicted molar refractivity (Wildman–Crippen MR) is 223 cm³/mol. The Morgan fingerprint density at radius 2 is 0.857 bits per heavy atom. The van der Waals surface area contributed by atoms with Crippen LogP contribution in [0.1, 0.15) is 117 Å². The molecule has 0 spiro atoms. The third kappa shape index (κ3) is 13.2. The molecule has 3 fully saturated rings. The van der Waals surface area contributed by atoms with Crippen LogP contribution in [0, 0.1) is 0 Å². The quantitative estimate of drug-likeness (QED) is 0.119. The van der Waals surface area contributed by atoms with E-state index in [0.29, 0.717) is 26.1 Å². The molecule has 2 aromatic rings. The molecule has 56 heavy (non-hydrogen) atoms. The van der Waals surface area contributed by atoms with Gasteiger partial charge in [0.2, 0.25) is 0 Å². The summed E-state index contributed by atoms with van der Waals surface area (Å²) in [6, 6.07) is 16.0. The molecule has 3 aliphatic rings. The molecule has 0 N–H and O–H groups in total. The normalized spacial score (nSPS) is 28.9. The van der Waals surface area contributed by atoms with Crippen LogP contribution in [-0.2, 0) is 44.5 Å². The number of methoxy groups -OCH3 is 2. The van der Waals surface area contributed by atoms with Gasteiger partial charge >= 0.3 is 350 Å². The van der Waals surface area contributed by atoms with E-state index in [2.05, 4.69) is 41.5 Å². The van der Waals surface area contributed by atoms with E-state index in [1.807, 2.05) is 48.5 Å². The van der Waals surface area contributed by atoms with Gasteiger partial charge in [-0.1, -0.05) is 0 Å². The zero-order valence-electron chi connectivity index (χ0n) is 35.6. The molecule has 0 aromatic heterocycles. The molecule has 8 atom stereocenters. The summed E-state index contributed by atoms with van der Waals surface area (Å²) in [4.78, 5) is 0. The Bertz CT molecular complexity index is 1280. The summed E-state index contributed by atoms with van der Waals surface area (Å²) in [6.07, 6.45) is 7.57. The molecular formula is C44H72O10Sn2. The molecule has 12 heteroatoms. The SMILES string of the molecule is CCC[CH2][Sn]1([CH2]CCC)[O][C@H]2[C@H](C)O[C@H](OCc3ccc(OC)cc3)C[C@@H]2[O][Sn]([CH2]CCC)([CH2]CCC)[O][C@H]2[C@H](C)O[C@H](OCc3ccc(OC)cc3)C[C@@H]2[O]1. The van der Waals surface area contributed by atoms with Gasteiger partial charge in [-0.3, -0.25) is 0 Å². The van der Waals surface area contributed by atoms with Crippen molar-refractivity contribution in [2.75, 3.05) is 14.2 Å². The van der Waals surface area contributed by atoms with Crippen LogP contribution in [0.25, 0.3) is 0 Å². The van der Waals surface area contributed by atoms with Crippen LogP contribution in [0.4, 0.5) is 0 Å². The number of hydrogen-bond donors (Lipinski definition) is 0. The summed E-state index contributed by atoms with van der Waals surface area (Å²) in [7, 11) is 3.37. The molecule has 3 saturated heterocycles. The van der Waals surface area contributed by atoms with Crippen molar-refractivity contribution in [2.45, 2.75) is 186 Å². The van der Waals surface area contributed by atoms with Crippen LogP contribution < -0.4 is 9.47 Å². The molecule has 3 aliphatic heterocycles. The monoisotopic (exact) mass is 1000 g/mol. The Labute approximate surface area is 348 Å². The van der Waals surface area contributed by atoms with Crippen molar-refractivity contribution in [1.82, 2.24) is 0 Å². The number of benzene rings is 2. The second-order valence-corrected chi connectivity index (χ2v) is 34.8. The summed E-state index contributed by atoms with van der Waals surface area (Å²) in [5, 5.41) is 0. The zero-order chi connectivity index (χ0) is 40.0. The Morgan fingerprint density at radius 3 is 1.16 bits per heavy atom. The van der Waals surface area contributed by atoms with Gasteiger partial charge in [-0.2, -0.15) is 0 Å². The average Bonchev–Trinajstić information content (AvgIpc) is 3.21. The van der Waals surface area contributed by atoms with Crippen LogP contribution >= 0.6 is 0 Å². The fraction of sp³-hybridized carbons (Fsp3) is 0.727. The van der Waals surface area contributed by atoms with Gasteiger partial charge in [0, 0.05) is 0 Å². The van der Waals surface area contributed by atoms with Crippen molar-refractivity contribution in [2.24, 2.45) is 0 Å². The first-order valence-electron chi connectivity index (χ1n) is 21.7. The van der Waals surface area contributed by atoms with E-state index >= 15 is 0 Å². The number of fused-ring (bicyclic) bond motifs is 2. The second kappa shape index (κ2) is 23.4. The van der Waals surface area contributed by atoms with Crippen LogP contribution in [-0.4, -0.2) is 102 Å². The van der Waals surface area contributed by atoms with E-state index in [1.54, 1.807) is 14.2 Å². The second-order valence-electron chi connectivity index (χ2n) is 16.0. The van der Waals surface area contributed by atoms with Crippen molar-refractivity contribution < 1.29 is 40.7 Å². The van der Waals surface area contributed by atoms with E-state index in [4.69, 9.17) is 40.7 Å². The number of rotatable bonds is 20. The first-order chi connectivity index (χ1) is 27.2. The molecule has 0 aliphatic carbocycles. The van der Waals surface area contributed by atoms with Gasteiger partial charge in [-0.05, 0) is 0 Å². The summed E-state index contributed by atoms with van der Waals surface area (Å²) < 4.78 is 72.0. The van der Waals surface area contributed by atoms with E-state index in [1.165, 1.54) is 0 Å². The van der Waals surface area contributed by atoms with Gasteiger partial charge in [-0.25, -0.2) is 0 Å². The minimum absolute atomic E-state index is 0.205. The molecule has 316 valence electrons. The van der Waals surface area contributed by atoms with Gasteiger partial charge in [-0.15, -0.1) is 0 Å². The molecule has 0 radical (unpaired) electrons. The molecular weight excluding hydrogens is 926 g/mol. The molecule has 0 unspecified atom stereocenters. The summed E-state index contributed by atoms with van der Waals surface area (Å²) in [6.45, 7) is 14.2. The molecule has 0 bridgehead atoms. The fourth-order valence-electron chi connectivity index (χ4n) is 8.22. The first-order valence-corrected chi connectivity index (χ1v) is 34.4. The standard InChI is InChI=1S/2C14H18O5.4C4H9.2Sn/c2*1-9-14(16)12(15)7-13(19-9)18-8-10-3-5-11(17-2)6-4-10;4*1-3-4-2;;/h2*3-6,9,12-14H,7-8H2,1-2H3;4*1,3-4H2,2H3;;/q2*-2;;;;;2*+2/t2*9-,12-,13-,14-;;;;;;/m00....../s1. The van der Waals surface area contributed by atoms with Gasteiger partial charge in [0.25, 0.3) is 0 Å². The summed E-state index contributed by atoms with van der Waals surface area (Å²) in [5.41, 5.74) is 2.14. The Hall–Kier alpha value is -0.683. The fourth-order valence-corrected chi connectivity index (χ4v) is 32.1. The molecule has 5 rings (SSSR count). The molecule has 3 heterocycles. The minimum atomic E-state index is -3.91. The van der Waals surface area contributed by atoms with Gasteiger partial charge in [0.05, 0.1) is 0 Å². The van der Waals surface area contributed by atoms with Crippen molar-refractivity contribution >= 4 is 38.4 Å². The number of hydrogen-bond acceptors (Lipinski definition) is 10. The van der Waals surface area contributed by atoms with Crippen LogP contribution in [0.3, 0.4) is 0 Å². The summed E-state index contributed by atoms with van der Waals surface area (Å²) in [5.74, 6) is 1.66. The van der Waals surface area contributed by atoms with E-state index in [9.17, 15) is 0 Å². The molecule has 0 saturated carbocycles. The Balaban J connectivity index is 1.48. The third-order valence-electron chi connectivity index (χ3n) is 11.5. The molecule has 10 nitrogen and oxygen atoms in total.